The summed E-state index contributed by atoms with van der Waals surface area (Å²) in [5, 5.41) is 12.6. The van der Waals surface area contributed by atoms with Gasteiger partial charge in [0.25, 0.3) is 0 Å². The molecule has 6 nitrogen and oxygen atoms in total. The van der Waals surface area contributed by atoms with E-state index in [4.69, 9.17) is 5.11 Å². The molecule has 1 aromatic heterocycles. The molecule has 0 spiro atoms. The van der Waals surface area contributed by atoms with E-state index >= 15 is 0 Å². The lowest BCUT2D eigenvalue weighted by atomic mass is 9.94. The molecule has 0 unspecified atom stereocenters. The predicted octanol–water partition coefficient (Wildman–Crippen LogP) is 2.10. The minimum absolute atomic E-state index is 0.0861. The quantitative estimate of drug-likeness (QED) is 0.872. The van der Waals surface area contributed by atoms with Crippen molar-refractivity contribution < 1.29 is 14.7 Å². The Balaban J connectivity index is 1.73. The van der Waals surface area contributed by atoms with E-state index < -0.39 is 5.97 Å². The number of aliphatic carboxylic acids is 1. The second-order valence-electron chi connectivity index (χ2n) is 5.26. The number of amides is 2. The van der Waals surface area contributed by atoms with E-state index in [-0.39, 0.29) is 18.4 Å². The number of carbonyl (C=O) groups excluding carboxylic acids is 1. The molecule has 2 rings (SSSR count). The molecule has 2 amide bonds. The van der Waals surface area contributed by atoms with Gasteiger partial charge in [0, 0.05) is 30.6 Å². The number of aryl methyl sites for hydroxylation is 1. The molecule has 116 valence electrons. The van der Waals surface area contributed by atoms with Crippen molar-refractivity contribution in [3.05, 3.63) is 16.1 Å². The normalized spacial score (nSPS) is 16.0. The molecular formula is C14H21N3O3S. The van der Waals surface area contributed by atoms with Gasteiger partial charge in [-0.3, -0.25) is 4.79 Å². The van der Waals surface area contributed by atoms with E-state index in [1.54, 1.807) is 16.2 Å². The summed E-state index contributed by atoms with van der Waals surface area (Å²) in [5.74, 6) is -0.564. The van der Waals surface area contributed by atoms with Crippen LogP contribution < -0.4 is 5.32 Å². The highest BCUT2D eigenvalue weighted by Gasteiger charge is 2.24. The van der Waals surface area contributed by atoms with Gasteiger partial charge < -0.3 is 15.3 Å². The van der Waals surface area contributed by atoms with Crippen LogP contribution in [-0.2, 0) is 17.8 Å². The Labute approximate surface area is 128 Å². The van der Waals surface area contributed by atoms with Gasteiger partial charge >= 0.3 is 12.0 Å². The molecule has 0 aliphatic carbocycles. The largest absolute Gasteiger partial charge is 0.481 e. The molecule has 2 heterocycles. The number of carbonyl (C=O) groups is 2. The second kappa shape index (κ2) is 7.40. The van der Waals surface area contributed by atoms with Crippen molar-refractivity contribution in [2.75, 3.05) is 13.1 Å². The highest BCUT2D eigenvalue weighted by Crippen LogP contribution is 2.20. The number of piperidine rings is 1. The predicted molar refractivity (Wildman–Crippen MR) is 80.3 cm³/mol. The molecule has 1 fully saturated rings. The number of rotatable bonds is 5. The van der Waals surface area contributed by atoms with Gasteiger partial charge in [0.1, 0.15) is 5.01 Å². The monoisotopic (exact) mass is 311 g/mol. The highest BCUT2D eigenvalue weighted by molar-refractivity contribution is 7.11. The van der Waals surface area contributed by atoms with E-state index in [1.807, 2.05) is 6.20 Å². The molecule has 1 saturated heterocycles. The van der Waals surface area contributed by atoms with E-state index in [9.17, 15) is 9.59 Å². The number of aromatic nitrogens is 1. The Morgan fingerprint density at radius 2 is 2.19 bits per heavy atom. The maximum atomic E-state index is 12.1. The van der Waals surface area contributed by atoms with Crippen LogP contribution in [0.3, 0.4) is 0 Å². The summed E-state index contributed by atoms with van der Waals surface area (Å²) in [5.41, 5.74) is 0. The van der Waals surface area contributed by atoms with E-state index in [2.05, 4.69) is 17.2 Å². The molecule has 2 N–H and O–H groups in total. The Kier molecular flexibility index (Phi) is 5.55. The maximum Gasteiger partial charge on any atom is 0.317 e. The first-order valence-electron chi connectivity index (χ1n) is 7.26. The van der Waals surface area contributed by atoms with Gasteiger partial charge in [0.15, 0.2) is 0 Å². The van der Waals surface area contributed by atoms with Crippen molar-refractivity contribution in [2.24, 2.45) is 5.92 Å². The summed E-state index contributed by atoms with van der Waals surface area (Å²) >= 11 is 1.62. The lowest BCUT2D eigenvalue weighted by Gasteiger charge is -2.31. The van der Waals surface area contributed by atoms with Crippen LogP contribution in [0.4, 0.5) is 4.79 Å². The molecule has 0 atom stereocenters. The van der Waals surface area contributed by atoms with Crippen LogP contribution in [0, 0.1) is 5.92 Å². The van der Waals surface area contributed by atoms with Crippen LogP contribution >= 0.6 is 11.3 Å². The van der Waals surface area contributed by atoms with E-state index in [0.29, 0.717) is 19.6 Å². The molecule has 0 radical (unpaired) electrons. The molecule has 0 aromatic carbocycles. The third-order valence-corrected chi connectivity index (χ3v) is 4.85. The van der Waals surface area contributed by atoms with Crippen molar-refractivity contribution >= 4 is 23.3 Å². The summed E-state index contributed by atoms with van der Waals surface area (Å²) in [6, 6.07) is -0.0861. The maximum absolute atomic E-state index is 12.1. The summed E-state index contributed by atoms with van der Waals surface area (Å²) in [6.45, 7) is 3.79. The molecular weight excluding hydrogens is 290 g/mol. The molecule has 1 aromatic rings. The average Bonchev–Trinajstić information content (AvgIpc) is 2.93. The molecule has 1 aliphatic rings. The second-order valence-corrected chi connectivity index (χ2v) is 6.46. The zero-order valence-corrected chi connectivity index (χ0v) is 13.0. The number of carboxylic acids is 1. The molecule has 21 heavy (non-hydrogen) atoms. The fraction of sp³-hybridized carbons (Fsp3) is 0.643. The first-order chi connectivity index (χ1) is 10.1. The summed E-state index contributed by atoms with van der Waals surface area (Å²) < 4.78 is 0. The lowest BCUT2D eigenvalue weighted by molar-refractivity contribution is -0.138. The van der Waals surface area contributed by atoms with Gasteiger partial charge in [0.2, 0.25) is 0 Å². The van der Waals surface area contributed by atoms with E-state index in [0.717, 1.165) is 24.3 Å². The summed E-state index contributed by atoms with van der Waals surface area (Å²) in [4.78, 5) is 30.0. The number of nitrogens with zero attached hydrogens (tertiary/aromatic N) is 2. The van der Waals surface area contributed by atoms with Crippen LogP contribution in [0.2, 0.25) is 0 Å². The number of thiazole rings is 1. The van der Waals surface area contributed by atoms with Crippen LogP contribution in [-0.4, -0.2) is 40.1 Å². The number of hydrogen-bond donors (Lipinski definition) is 2. The zero-order valence-electron chi connectivity index (χ0n) is 12.2. The van der Waals surface area contributed by atoms with Crippen molar-refractivity contribution in [1.29, 1.82) is 0 Å². The summed E-state index contributed by atoms with van der Waals surface area (Å²) in [6.07, 6.45) is 4.54. The zero-order chi connectivity index (χ0) is 15.2. The molecule has 1 aliphatic heterocycles. The van der Waals surface area contributed by atoms with E-state index in [1.165, 1.54) is 4.88 Å². The Morgan fingerprint density at radius 1 is 1.48 bits per heavy atom. The Hall–Kier alpha value is -1.63. The third kappa shape index (κ3) is 4.70. The van der Waals surface area contributed by atoms with Crippen LogP contribution in [0.5, 0.6) is 0 Å². The van der Waals surface area contributed by atoms with Gasteiger partial charge in [-0.15, -0.1) is 11.3 Å². The minimum atomic E-state index is -0.756. The van der Waals surface area contributed by atoms with Crippen molar-refractivity contribution in [3.8, 4) is 0 Å². The third-order valence-electron chi connectivity index (χ3n) is 3.71. The fourth-order valence-corrected chi connectivity index (χ4v) is 3.25. The van der Waals surface area contributed by atoms with Crippen LogP contribution in [0.25, 0.3) is 0 Å². The molecule has 7 heteroatoms. The number of nitrogens with one attached hydrogen (secondary N) is 1. The minimum Gasteiger partial charge on any atom is -0.481 e. The number of likely N-dealkylation sites (tertiary alicyclic amines) is 1. The Morgan fingerprint density at radius 3 is 2.76 bits per heavy atom. The summed E-state index contributed by atoms with van der Waals surface area (Å²) in [7, 11) is 0. The highest BCUT2D eigenvalue weighted by atomic mass is 32.1. The topological polar surface area (TPSA) is 82.5 Å². The lowest BCUT2D eigenvalue weighted by Crippen LogP contribution is -2.44. The average molecular weight is 311 g/mol. The van der Waals surface area contributed by atoms with Gasteiger partial charge in [-0.25, -0.2) is 9.78 Å². The van der Waals surface area contributed by atoms with Crippen molar-refractivity contribution in [2.45, 2.75) is 39.2 Å². The number of urea groups is 1. The fourth-order valence-electron chi connectivity index (χ4n) is 2.44. The van der Waals surface area contributed by atoms with Crippen molar-refractivity contribution in [3.63, 3.8) is 0 Å². The Bertz CT molecular complexity index is 495. The smallest absolute Gasteiger partial charge is 0.317 e. The first-order valence-corrected chi connectivity index (χ1v) is 8.08. The van der Waals surface area contributed by atoms with Crippen molar-refractivity contribution in [1.82, 2.24) is 15.2 Å². The molecule has 0 bridgehead atoms. The van der Waals surface area contributed by atoms with Crippen LogP contribution in [0.1, 0.15) is 36.1 Å². The number of hydrogen-bond acceptors (Lipinski definition) is 4. The van der Waals surface area contributed by atoms with Crippen LogP contribution in [0.15, 0.2) is 6.20 Å². The van der Waals surface area contributed by atoms with Gasteiger partial charge in [0.05, 0.1) is 6.54 Å². The molecule has 0 saturated carbocycles. The van der Waals surface area contributed by atoms with Gasteiger partial charge in [-0.1, -0.05) is 6.92 Å². The number of carboxylic acid groups (broad SMARTS) is 1. The van der Waals surface area contributed by atoms with Gasteiger partial charge in [-0.2, -0.15) is 0 Å². The SMILES string of the molecule is CCc1cnc(CNC(=O)N2CCC(CC(=O)O)CC2)s1. The first kappa shape index (κ1) is 15.8. The standard InChI is InChI=1S/C14H21N3O3S/c1-2-11-8-15-12(21-11)9-16-14(20)17-5-3-10(4-6-17)7-13(18)19/h8,10H,2-7,9H2,1H3,(H,16,20)(H,18,19). The van der Waals surface area contributed by atoms with Gasteiger partial charge in [-0.05, 0) is 25.2 Å².